The molecule has 3 aromatic rings. The van der Waals surface area contributed by atoms with Gasteiger partial charge in [-0.1, -0.05) is 0 Å². The van der Waals surface area contributed by atoms with Crippen LogP contribution in [0.15, 0.2) is 60.8 Å². The highest BCUT2D eigenvalue weighted by Gasteiger charge is 2.18. The molecule has 2 N–H and O–H groups in total. The van der Waals surface area contributed by atoms with Gasteiger partial charge in [0, 0.05) is 11.6 Å². The summed E-state index contributed by atoms with van der Waals surface area (Å²) in [7, 11) is 0. The number of halogens is 1. The van der Waals surface area contributed by atoms with Crippen LogP contribution in [0.4, 0.5) is 15.8 Å². The number of amides is 2. The molecule has 2 heterocycles. The van der Waals surface area contributed by atoms with Crippen LogP contribution < -0.4 is 20.1 Å². The summed E-state index contributed by atoms with van der Waals surface area (Å²) in [5.74, 6) is 0.257. The van der Waals surface area contributed by atoms with Crippen molar-refractivity contribution >= 4 is 23.2 Å². The number of nitrogens with zero attached hydrogens (tertiary/aromatic N) is 1. The molecule has 0 saturated carbocycles. The third kappa shape index (κ3) is 3.90. The Balaban J connectivity index is 1.42. The molecule has 1 aliphatic heterocycles. The van der Waals surface area contributed by atoms with Gasteiger partial charge in [-0.2, -0.15) is 0 Å². The van der Waals surface area contributed by atoms with Crippen LogP contribution in [0, 0.1) is 5.82 Å². The van der Waals surface area contributed by atoms with Crippen molar-refractivity contribution < 1.29 is 23.5 Å². The smallest absolute Gasteiger partial charge is 0.262 e. The van der Waals surface area contributed by atoms with Crippen LogP contribution >= 0.6 is 0 Å². The van der Waals surface area contributed by atoms with Gasteiger partial charge in [-0.05, 0) is 48.5 Å². The molecule has 1 aliphatic rings. The summed E-state index contributed by atoms with van der Waals surface area (Å²) in [6, 6.07) is 13.5. The molecular formula is C20H14FN3O4. The van der Waals surface area contributed by atoms with Crippen molar-refractivity contribution in [3.8, 4) is 17.4 Å². The van der Waals surface area contributed by atoms with Gasteiger partial charge in [-0.25, -0.2) is 9.37 Å². The molecule has 0 aliphatic carbocycles. The molecule has 2 amide bonds. The Morgan fingerprint density at radius 1 is 1.14 bits per heavy atom. The van der Waals surface area contributed by atoms with Crippen molar-refractivity contribution in [1.29, 1.82) is 0 Å². The van der Waals surface area contributed by atoms with E-state index in [0.717, 1.165) is 0 Å². The number of hydrogen-bond acceptors (Lipinski definition) is 5. The summed E-state index contributed by atoms with van der Waals surface area (Å²) in [6.07, 6.45) is 1.45. The minimum Gasteiger partial charge on any atom is -0.482 e. The predicted molar refractivity (Wildman–Crippen MR) is 99.2 cm³/mol. The van der Waals surface area contributed by atoms with Crippen LogP contribution in [0.3, 0.4) is 0 Å². The summed E-state index contributed by atoms with van der Waals surface area (Å²) < 4.78 is 23.7. The number of aromatic nitrogens is 1. The zero-order chi connectivity index (χ0) is 19.5. The topological polar surface area (TPSA) is 89.6 Å². The first-order chi connectivity index (χ1) is 13.6. The number of benzene rings is 2. The van der Waals surface area contributed by atoms with Gasteiger partial charge < -0.3 is 20.1 Å². The second-order valence-corrected chi connectivity index (χ2v) is 5.94. The molecule has 0 saturated heterocycles. The van der Waals surface area contributed by atoms with Crippen molar-refractivity contribution in [2.24, 2.45) is 0 Å². The lowest BCUT2D eigenvalue weighted by Gasteiger charge is -2.18. The van der Waals surface area contributed by atoms with Crippen LogP contribution in [0.2, 0.25) is 0 Å². The largest absolute Gasteiger partial charge is 0.482 e. The van der Waals surface area contributed by atoms with Crippen LogP contribution in [0.1, 0.15) is 10.4 Å². The van der Waals surface area contributed by atoms with E-state index in [0.29, 0.717) is 34.3 Å². The second kappa shape index (κ2) is 7.36. The average molecular weight is 379 g/mol. The minimum absolute atomic E-state index is 0.0858. The SMILES string of the molecule is O=C1COc2cc(C(=O)Nc3ccc(Oc4ccc(F)cc4)nc3)ccc2N1. The number of nitrogens with one attached hydrogen (secondary N) is 2. The summed E-state index contributed by atoms with van der Waals surface area (Å²) >= 11 is 0. The van der Waals surface area contributed by atoms with Crippen LogP contribution in [0.25, 0.3) is 0 Å². The Bertz CT molecular complexity index is 1040. The summed E-state index contributed by atoms with van der Waals surface area (Å²) in [5.41, 5.74) is 1.38. The molecule has 4 rings (SSSR count). The molecule has 140 valence electrons. The van der Waals surface area contributed by atoms with Gasteiger partial charge in [-0.3, -0.25) is 9.59 Å². The van der Waals surface area contributed by atoms with E-state index in [9.17, 15) is 14.0 Å². The first-order valence-corrected chi connectivity index (χ1v) is 8.34. The maximum Gasteiger partial charge on any atom is 0.262 e. The number of pyridine rings is 1. The van der Waals surface area contributed by atoms with Crippen LogP contribution in [-0.2, 0) is 4.79 Å². The minimum atomic E-state index is -0.353. The number of hydrogen-bond donors (Lipinski definition) is 2. The molecule has 0 bridgehead atoms. The quantitative estimate of drug-likeness (QED) is 0.723. The van der Waals surface area contributed by atoms with Crippen molar-refractivity contribution in [3.63, 3.8) is 0 Å². The van der Waals surface area contributed by atoms with Gasteiger partial charge in [0.1, 0.15) is 17.3 Å². The zero-order valence-electron chi connectivity index (χ0n) is 14.4. The highest BCUT2D eigenvalue weighted by atomic mass is 19.1. The Kier molecular flexibility index (Phi) is 4.59. The maximum absolute atomic E-state index is 12.9. The Labute approximate surface area is 159 Å². The van der Waals surface area contributed by atoms with E-state index in [1.165, 1.54) is 30.5 Å². The van der Waals surface area contributed by atoms with Crippen molar-refractivity contribution in [2.45, 2.75) is 0 Å². The normalized spacial score (nSPS) is 12.4. The van der Waals surface area contributed by atoms with E-state index < -0.39 is 0 Å². The lowest BCUT2D eigenvalue weighted by molar-refractivity contribution is -0.118. The third-order valence-corrected chi connectivity index (χ3v) is 3.91. The molecule has 0 spiro atoms. The van der Waals surface area contributed by atoms with Gasteiger partial charge in [0.05, 0.1) is 17.6 Å². The van der Waals surface area contributed by atoms with E-state index in [4.69, 9.17) is 9.47 Å². The highest BCUT2D eigenvalue weighted by molar-refractivity contribution is 6.05. The molecule has 2 aromatic carbocycles. The standard InChI is InChI=1S/C20H14FN3O4/c21-13-2-5-15(6-3-13)28-19-8-4-14(10-22-19)23-20(26)12-1-7-16-17(9-12)27-11-18(25)24-16/h1-10H,11H2,(H,23,26)(H,24,25). The number of ether oxygens (including phenoxy) is 2. The fourth-order valence-corrected chi connectivity index (χ4v) is 2.56. The fourth-order valence-electron chi connectivity index (χ4n) is 2.56. The van der Waals surface area contributed by atoms with Gasteiger partial charge >= 0.3 is 0 Å². The van der Waals surface area contributed by atoms with Crippen LogP contribution in [0.5, 0.6) is 17.4 Å². The van der Waals surface area contributed by atoms with Crippen molar-refractivity contribution in [1.82, 2.24) is 4.98 Å². The molecule has 0 unspecified atom stereocenters. The lowest BCUT2D eigenvalue weighted by Crippen LogP contribution is -2.25. The lowest BCUT2D eigenvalue weighted by atomic mass is 10.1. The number of carbonyl (C=O) groups is 2. The monoisotopic (exact) mass is 379 g/mol. The van der Waals surface area contributed by atoms with E-state index in [-0.39, 0.29) is 24.2 Å². The molecule has 7 nitrogen and oxygen atoms in total. The number of rotatable bonds is 4. The van der Waals surface area contributed by atoms with Gasteiger partial charge in [0.25, 0.3) is 11.8 Å². The average Bonchev–Trinajstić information content (AvgIpc) is 2.70. The van der Waals surface area contributed by atoms with Crippen molar-refractivity contribution in [2.75, 3.05) is 17.2 Å². The molecular weight excluding hydrogens is 365 g/mol. The predicted octanol–water partition coefficient (Wildman–Crippen LogP) is 3.60. The molecule has 8 heteroatoms. The molecule has 0 atom stereocenters. The highest BCUT2D eigenvalue weighted by Crippen LogP contribution is 2.29. The molecule has 0 radical (unpaired) electrons. The molecule has 28 heavy (non-hydrogen) atoms. The molecule has 1 aromatic heterocycles. The number of anilines is 2. The first-order valence-electron chi connectivity index (χ1n) is 8.34. The number of carbonyl (C=O) groups excluding carboxylic acids is 2. The maximum atomic E-state index is 12.9. The van der Waals surface area contributed by atoms with E-state index in [1.54, 1.807) is 30.3 Å². The second-order valence-electron chi connectivity index (χ2n) is 5.94. The first kappa shape index (κ1) is 17.5. The summed E-state index contributed by atoms with van der Waals surface area (Å²) in [4.78, 5) is 27.8. The number of fused-ring (bicyclic) bond motifs is 1. The van der Waals surface area contributed by atoms with Gasteiger partial charge in [-0.15, -0.1) is 0 Å². The van der Waals surface area contributed by atoms with E-state index >= 15 is 0 Å². The van der Waals surface area contributed by atoms with Crippen molar-refractivity contribution in [3.05, 3.63) is 72.2 Å². The van der Waals surface area contributed by atoms with Gasteiger partial charge in [0.15, 0.2) is 6.61 Å². The zero-order valence-corrected chi connectivity index (χ0v) is 14.4. The van der Waals surface area contributed by atoms with E-state index in [2.05, 4.69) is 15.6 Å². The fraction of sp³-hybridized carbons (Fsp3) is 0.0500. The third-order valence-electron chi connectivity index (χ3n) is 3.91. The Morgan fingerprint density at radius 3 is 2.71 bits per heavy atom. The summed E-state index contributed by atoms with van der Waals surface area (Å²) in [6.45, 7) is -0.0858. The summed E-state index contributed by atoms with van der Waals surface area (Å²) in [5, 5.41) is 5.39. The Hall–Kier alpha value is -3.94. The van der Waals surface area contributed by atoms with E-state index in [1.807, 2.05) is 0 Å². The molecule has 0 fully saturated rings. The Morgan fingerprint density at radius 2 is 1.96 bits per heavy atom. The van der Waals surface area contributed by atoms with Gasteiger partial charge in [0.2, 0.25) is 5.88 Å². The van der Waals surface area contributed by atoms with Crippen LogP contribution in [-0.4, -0.2) is 23.4 Å².